The van der Waals surface area contributed by atoms with Crippen molar-refractivity contribution in [3.8, 4) is 0 Å². The summed E-state index contributed by atoms with van der Waals surface area (Å²) in [6, 6.07) is 0.644. The summed E-state index contributed by atoms with van der Waals surface area (Å²) in [4.78, 5) is 8.64. The molecule has 2 rings (SSSR count). The Morgan fingerprint density at radius 2 is 2.25 bits per heavy atom. The molecular weight excluding hydrogens is 270 g/mol. The normalized spacial score (nSPS) is 20.4. The molecule has 0 saturated carbocycles. The Hall–Kier alpha value is -0.490. The van der Waals surface area contributed by atoms with Gasteiger partial charge in [0.15, 0.2) is 0 Å². The second kappa shape index (κ2) is 8.08. The summed E-state index contributed by atoms with van der Waals surface area (Å²) in [5, 5.41) is 4.77. The highest BCUT2D eigenvalue weighted by molar-refractivity contribution is 7.11. The molecule has 20 heavy (non-hydrogen) atoms. The fourth-order valence-corrected chi connectivity index (χ4v) is 3.68. The molecule has 1 aromatic rings. The van der Waals surface area contributed by atoms with Crippen LogP contribution >= 0.6 is 11.3 Å². The van der Waals surface area contributed by atoms with E-state index in [1.807, 2.05) is 11.3 Å². The summed E-state index contributed by atoms with van der Waals surface area (Å²) in [6.07, 6.45) is 3.96. The van der Waals surface area contributed by atoms with Gasteiger partial charge in [0.1, 0.15) is 5.01 Å². The van der Waals surface area contributed by atoms with Crippen molar-refractivity contribution in [2.24, 2.45) is 0 Å². The monoisotopic (exact) mass is 297 g/mol. The quantitative estimate of drug-likeness (QED) is 0.784. The van der Waals surface area contributed by atoms with Gasteiger partial charge >= 0.3 is 0 Å². The molecule has 0 spiro atoms. The number of aryl methyl sites for hydroxylation is 2. The van der Waals surface area contributed by atoms with E-state index in [-0.39, 0.29) is 0 Å². The predicted octanol–water partition coefficient (Wildman–Crippen LogP) is 2.35. The summed E-state index contributed by atoms with van der Waals surface area (Å²) in [7, 11) is 1.75. The molecule has 0 aromatic carbocycles. The topological polar surface area (TPSA) is 37.4 Å². The van der Waals surface area contributed by atoms with Gasteiger partial charge in [-0.15, -0.1) is 11.3 Å². The lowest BCUT2D eigenvalue weighted by Gasteiger charge is -2.35. The lowest BCUT2D eigenvalue weighted by molar-refractivity contribution is 0.133. The van der Waals surface area contributed by atoms with Crippen molar-refractivity contribution in [3.63, 3.8) is 0 Å². The summed E-state index contributed by atoms with van der Waals surface area (Å²) in [5.41, 5.74) is 1.19. The van der Waals surface area contributed by atoms with Crippen molar-refractivity contribution in [3.05, 3.63) is 15.6 Å². The highest BCUT2D eigenvalue weighted by atomic mass is 32.1. The van der Waals surface area contributed by atoms with E-state index in [2.05, 4.69) is 29.0 Å². The second-order valence-electron chi connectivity index (χ2n) is 5.57. The minimum atomic E-state index is 0.644. The molecule has 1 saturated heterocycles. The molecule has 0 radical (unpaired) electrons. The van der Waals surface area contributed by atoms with E-state index >= 15 is 0 Å². The molecule has 1 N–H and O–H groups in total. The molecule has 1 aromatic heterocycles. The van der Waals surface area contributed by atoms with Gasteiger partial charge in [0.25, 0.3) is 0 Å². The van der Waals surface area contributed by atoms with E-state index in [1.165, 1.54) is 41.4 Å². The van der Waals surface area contributed by atoms with Gasteiger partial charge < -0.3 is 10.1 Å². The third-order valence-corrected chi connectivity index (χ3v) is 5.08. The van der Waals surface area contributed by atoms with Crippen LogP contribution in [0, 0.1) is 13.8 Å². The van der Waals surface area contributed by atoms with Gasteiger partial charge in [0, 0.05) is 31.1 Å². The van der Waals surface area contributed by atoms with Crippen LogP contribution in [0.15, 0.2) is 0 Å². The molecule has 1 aliphatic heterocycles. The number of nitrogens with zero attached hydrogens (tertiary/aromatic N) is 2. The van der Waals surface area contributed by atoms with Gasteiger partial charge in [-0.3, -0.25) is 4.90 Å². The molecule has 114 valence electrons. The van der Waals surface area contributed by atoms with Crippen LogP contribution in [0.3, 0.4) is 0 Å². The summed E-state index contributed by atoms with van der Waals surface area (Å²) in [5.74, 6) is 0. The molecule has 1 fully saturated rings. The van der Waals surface area contributed by atoms with Gasteiger partial charge in [-0.2, -0.15) is 0 Å². The first-order valence-electron chi connectivity index (χ1n) is 7.57. The average molecular weight is 297 g/mol. The summed E-state index contributed by atoms with van der Waals surface area (Å²) in [6.45, 7) is 9.27. The van der Waals surface area contributed by atoms with E-state index in [4.69, 9.17) is 4.74 Å². The molecule has 0 amide bonds. The number of methoxy groups -OCH3 is 1. The lowest BCUT2D eigenvalue weighted by Crippen LogP contribution is -2.45. The van der Waals surface area contributed by atoms with Crippen LogP contribution in [-0.4, -0.2) is 49.3 Å². The van der Waals surface area contributed by atoms with Crippen molar-refractivity contribution in [1.82, 2.24) is 15.2 Å². The molecule has 1 atom stereocenters. The van der Waals surface area contributed by atoms with Crippen LogP contribution in [0.25, 0.3) is 0 Å². The first-order valence-corrected chi connectivity index (χ1v) is 8.39. The van der Waals surface area contributed by atoms with Crippen molar-refractivity contribution in [2.45, 2.75) is 45.7 Å². The van der Waals surface area contributed by atoms with Gasteiger partial charge in [0.2, 0.25) is 0 Å². The van der Waals surface area contributed by atoms with Crippen molar-refractivity contribution >= 4 is 11.3 Å². The van der Waals surface area contributed by atoms with Crippen LogP contribution in [0.2, 0.25) is 0 Å². The van der Waals surface area contributed by atoms with Crippen LogP contribution in [0.5, 0.6) is 0 Å². The Balaban J connectivity index is 1.86. The summed E-state index contributed by atoms with van der Waals surface area (Å²) >= 11 is 1.85. The van der Waals surface area contributed by atoms with Crippen molar-refractivity contribution in [1.29, 1.82) is 0 Å². The number of aromatic nitrogens is 1. The van der Waals surface area contributed by atoms with E-state index in [0.717, 1.165) is 26.2 Å². The van der Waals surface area contributed by atoms with E-state index in [0.29, 0.717) is 6.04 Å². The molecule has 2 heterocycles. The number of hydrogen-bond acceptors (Lipinski definition) is 5. The van der Waals surface area contributed by atoms with Gasteiger partial charge in [-0.25, -0.2) is 4.98 Å². The lowest BCUT2D eigenvalue weighted by atomic mass is 10.0. The largest absolute Gasteiger partial charge is 0.383 e. The zero-order chi connectivity index (χ0) is 14.4. The number of thiazole rings is 1. The number of nitrogens with one attached hydrogen (secondary N) is 1. The molecule has 0 bridgehead atoms. The van der Waals surface area contributed by atoms with Gasteiger partial charge in [-0.05, 0) is 33.2 Å². The number of rotatable bonds is 7. The van der Waals surface area contributed by atoms with E-state index in [1.54, 1.807) is 7.11 Å². The minimum Gasteiger partial charge on any atom is -0.383 e. The maximum Gasteiger partial charge on any atom is 0.107 e. The third kappa shape index (κ3) is 4.52. The Bertz CT molecular complexity index is 388. The maximum atomic E-state index is 5.09. The van der Waals surface area contributed by atoms with E-state index in [9.17, 15) is 0 Å². The fourth-order valence-electron chi connectivity index (χ4n) is 2.72. The standard InChI is InChI=1S/C15H27N3OS/c1-12-13(2)20-15(17-12)11-18-8-5-4-6-14(18)10-16-7-9-19-3/h14,16H,4-11H2,1-3H3. The van der Waals surface area contributed by atoms with Crippen molar-refractivity contribution < 1.29 is 4.74 Å². The first-order chi connectivity index (χ1) is 9.70. The highest BCUT2D eigenvalue weighted by Gasteiger charge is 2.23. The Labute approximate surface area is 126 Å². The van der Waals surface area contributed by atoms with Gasteiger partial charge in [-0.1, -0.05) is 6.42 Å². The first kappa shape index (κ1) is 15.9. The molecular formula is C15H27N3OS. The Morgan fingerprint density at radius 1 is 1.40 bits per heavy atom. The molecule has 0 aliphatic carbocycles. The third-order valence-electron chi connectivity index (χ3n) is 4.02. The highest BCUT2D eigenvalue weighted by Crippen LogP contribution is 2.23. The predicted molar refractivity (Wildman–Crippen MR) is 84.4 cm³/mol. The number of piperidine rings is 1. The van der Waals surface area contributed by atoms with Crippen molar-refractivity contribution in [2.75, 3.05) is 33.4 Å². The van der Waals surface area contributed by atoms with Gasteiger partial charge in [0.05, 0.1) is 18.8 Å². The van der Waals surface area contributed by atoms with Crippen LogP contribution < -0.4 is 5.32 Å². The van der Waals surface area contributed by atoms with Crippen LogP contribution in [0.4, 0.5) is 0 Å². The second-order valence-corrected chi connectivity index (χ2v) is 6.85. The minimum absolute atomic E-state index is 0.644. The Kier molecular flexibility index (Phi) is 6.42. The number of hydrogen-bond donors (Lipinski definition) is 1. The molecule has 5 heteroatoms. The van der Waals surface area contributed by atoms with Crippen LogP contribution in [-0.2, 0) is 11.3 Å². The Morgan fingerprint density at radius 3 is 2.95 bits per heavy atom. The smallest absolute Gasteiger partial charge is 0.107 e. The van der Waals surface area contributed by atoms with E-state index < -0.39 is 0 Å². The molecule has 1 unspecified atom stereocenters. The SMILES string of the molecule is COCCNCC1CCCCN1Cc1nc(C)c(C)s1. The van der Waals surface area contributed by atoms with Crippen LogP contribution in [0.1, 0.15) is 34.8 Å². The molecule has 4 nitrogen and oxygen atoms in total. The number of likely N-dealkylation sites (tertiary alicyclic amines) is 1. The zero-order valence-corrected chi connectivity index (χ0v) is 13.8. The average Bonchev–Trinajstić information content (AvgIpc) is 2.75. The molecule has 1 aliphatic rings. The zero-order valence-electron chi connectivity index (χ0n) is 12.9. The summed E-state index contributed by atoms with van der Waals surface area (Å²) < 4.78 is 5.09. The maximum absolute atomic E-state index is 5.09. The number of ether oxygens (including phenoxy) is 1. The fraction of sp³-hybridized carbons (Fsp3) is 0.800.